The number of nitrogens with zero attached hydrogens (tertiary/aromatic N) is 1. The Hall–Kier alpha value is -2.48. The fraction of sp³-hybridized carbons (Fsp3) is 0.273. The number of amides is 1. The molecule has 30 heavy (non-hydrogen) atoms. The van der Waals surface area contributed by atoms with Crippen molar-refractivity contribution in [3.63, 3.8) is 0 Å². The number of carbonyl (C=O) groups is 1. The SMILES string of the molecule is O=C(NC[C@H]1CCCO1)c1csc(-c2ccc(OCc3c(F)cccc3Cl)cc2)n1. The van der Waals surface area contributed by atoms with Gasteiger partial charge in [0, 0.05) is 29.7 Å². The van der Waals surface area contributed by atoms with Crippen molar-refractivity contribution in [3.05, 3.63) is 69.9 Å². The number of carbonyl (C=O) groups excluding carboxylic acids is 1. The van der Waals surface area contributed by atoms with Crippen molar-refractivity contribution in [1.82, 2.24) is 10.3 Å². The number of nitrogens with one attached hydrogen (secondary N) is 1. The predicted octanol–water partition coefficient (Wildman–Crippen LogP) is 5.09. The molecule has 1 saturated heterocycles. The highest BCUT2D eigenvalue weighted by atomic mass is 35.5. The summed E-state index contributed by atoms with van der Waals surface area (Å²) in [4.78, 5) is 16.7. The summed E-state index contributed by atoms with van der Waals surface area (Å²) in [6.45, 7) is 1.30. The van der Waals surface area contributed by atoms with Crippen molar-refractivity contribution in [2.24, 2.45) is 0 Å². The average Bonchev–Trinajstić information content (AvgIpc) is 3.44. The van der Waals surface area contributed by atoms with Gasteiger partial charge < -0.3 is 14.8 Å². The Kier molecular flexibility index (Phi) is 6.62. The van der Waals surface area contributed by atoms with Crippen LogP contribution in [0.2, 0.25) is 5.02 Å². The number of hydrogen-bond acceptors (Lipinski definition) is 5. The van der Waals surface area contributed by atoms with E-state index in [2.05, 4.69) is 10.3 Å². The Morgan fingerprint density at radius 3 is 2.87 bits per heavy atom. The summed E-state index contributed by atoms with van der Waals surface area (Å²) in [7, 11) is 0. The molecule has 1 aromatic heterocycles. The normalized spacial score (nSPS) is 15.9. The van der Waals surface area contributed by atoms with Gasteiger partial charge in [-0.25, -0.2) is 9.37 Å². The third kappa shape index (κ3) is 4.98. The topological polar surface area (TPSA) is 60.5 Å². The molecule has 8 heteroatoms. The first-order valence-electron chi connectivity index (χ1n) is 9.61. The van der Waals surface area contributed by atoms with E-state index >= 15 is 0 Å². The monoisotopic (exact) mass is 446 g/mol. The maximum Gasteiger partial charge on any atom is 0.270 e. The standard InChI is InChI=1S/C22H20ClFN2O3S/c23-18-4-1-5-19(24)17(18)12-29-15-8-6-14(7-9-15)22-26-20(13-30-22)21(27)25-11-16-3-2-10-28-16/h1,4-9,13,16H,2-3,10-12H2,(H,25,27)/t16-/m1/s1. The lowest BCUT2D eigenvalue weighted by Gasteiger charge is -2.09. The van der Waals surface area contributed by atoms with Crippen molar-refractivity contribution in [3.8, 4) is 16.3 Å². The molecule has 1 atom stereocenters. The van der Waals surface area contributed by atoms with Gasteiger partial charge in [-0.05, 0) is 49.2 Å². The van der Waals surface area contributed by atoms with Crippen LogP contribution < -0.4 is 10.1 Å². The third-order valence-electron chi connectivity index (χ3n) is 4.80. The fourth-order valence-corrected chi connectivity index (χ4v) is 4.16. The summed E-state index contributed by atoms with van der Waals surface area (Å²) in [6.07, 6.45) is 2.10. The van der Waals surface area contributed by atoms with E-state index in [1.54, 1.807) is 29.6 Å². The summed E-state index contributed by atoms with van der Waals surface area (Å²) in [5.41, 5.74) is 1.58. The molecule has 0 aliphatic carbocycles. The molecule has 0 bridgehead atoms. The highest BCUT2D eigenvalue weighted by Gasteiger charge is 2.18. The zero-order valence-corrected chi connectivity index (χ0v) is 17.6. The molecule has 5 nitrogen and oxygen atoms in total. The van der Waals surface area contributed by atoms with Crippen LogP contribution in [0.4, 0.5) is 4.39 Å². The van der Waals surface area contributed by atoms with E-state index in [9.17, 15) is 9.18 Å². The van der Waals surface area contributed by atoms with Gasteiger partial charge in [0.15, 0.2) is 0 Å². The molecule has 2 aromatic carbocycles. The molecular formula is C22H20ClFN2O3S. The van der Waals surface area contributed by atoms with Crippen molar-refractivity contribution in [2.75, 3.05) is 13.2 Å². The number of benzene rings is 2. The Morgan fingerprint density at radius 2 is 2.13 bits per heavy atom. The van der Waals surface area contributed by atoms with Crippen LogP contribution in [0.5, 0.6) is 5.75 Å². The second-order valence-electron chi connectivity index (χ2n) is 6.90. The van der Waals surface area contributed by atoms with Gasteiger partial charge in [-0.1, -0.05) is 17.7 Å². The quantitative estimate of drug-likeness (QED) is 0.549. The Bertz CT molecular complexity index is 999. The first-order valence-corrected chi connectivity index (χ1v) is 10.9. The van der Waals surface area contributed by atoms with E-state index in [-0.39, 0.29) is 18.6 Å². The summed E-state index contributed by atoms with van der Waals surface area (Å²) in [5, 5.41) is 5.69. The molecule has 0 radical (unpaired) electrons. The number of thiazole rings is 1. The minimum atomic E-state index is -0.396. The summed E-state index contributed by atoms with van der Waals surface area (Å²) < 4.78 is 25.0. The summed E-state index contributed by atoms with van der Waals surface area (Å²) in [5.74, 6) is -0.00826. The Labute approximate surface area is 182 Å². The predicted molar refractivity (Wildman–Crippen MR) is 115 cm³/mol. The van der Waals surface area contributed by atoms with Gasteiger partial charge in [-0.15, -0.1) is 11.3 Å². The minimum absolute atomic E-state index is 0.0388. The van der Waals surface area contributed by atoms with Gasteiger partial charge in [-0.2, -0.15) is 0 Å². The van der Waals surface area contributed by atoms with Crippen LogP contribution >= 0.6 is 22.9 Å². The number of aromatic nitrogens is 1. The first kappa shape index (κ1) is 20.8. The van der Waals surface area contributed by atoms with Crippen molar-refractivity contribution in [1.29, 1.82) is 0 Å². The maximum absolute atomic E-state index is 13.8. The zero-order valence-electron chi connectivity index (χ0n) is 16.1. The van der Waals surface area contributed by atoms with Crippen LogP contribution in [0, 0.1) is 5.82 Å². The number of ether oxygens (including phenoxy) is 2. The number of halogens is 2. The van der Waals surface area contributed by atoms with E-state index < -0.39 is 5.82 Å². The van der Waals surface area contributed by atoms with Crippen LogP contribution in [-0.4, -0.2) is 30.1 Å². The first-order chi connectivity index (χ1) is 14.6. The lowest BCUT2D eigenvalue weighted by atomic mass is 10.2. The molecule has 1 amide bonds. The van der Waals surface area contributed by atoms with Gasteiger partial charge in [0.25, 0.3) is 5.91 Å². The molecule has 1 aliphatic heterocycles. The van der Waals surface area contributed by atoms with Gasteiger partial charge in [0.05, 0.1) is 11.1 Å². The second-order valence-corrected chi connectivity index (χ2v) is 8.16. The molecule has 156 valence electrons. The molecule has 2 heterocycles. The average molecular weight is 447 g/mol. The fourth-order valence-electron chi connectivity index (χ4n) is 3.13. The van der Waals surface area contributed by atoms with E-state index in [0.717, 1.165) is 30.0 Å². The summed E-state index contributed by atoms with van der Waals surface area (Å²) in [6, 6.07) is 11.8. The van der Waals surface area contributed by atoms with Crippen molar-refractivity contribution >= 4 is 28.8 Å². The molecule has 0 spiro atoms. The maximum atomic E-state index is 13.8. The number of rotatable bonds is 7. The molecule has 1 aliphatic rings. The van der Waals surface area contributed by atoms with Crippen LogP contribution in [0.3, 0.4) is 0 Å². The smallest absolute Gasteiger partial charge is 0.270 e. The van der Waals surface area contributed by atoms with Crippen molar-refractivity contribution in [2.45, 2.75) is 25.6 Å². The highest BCUT2D eigenvalue weighted by Crippen LogP contribution is 2.27. The van der Waals surface area contributed by atoms with E-state index in [1.807, 2.05) is 12.1 Å². The molecule has 1 fully saturated rings. The zero-order chi connectivity index (χ0) is 20.9. The van der Waals surface area contributed by atoms with Gasteiger partial charge >= 0.3 is 0 Å². The lowest BCUT2D eigenvalue weighted by molar-refractivity contribution is 0.0854. The molecule has 3 aromatic rings. The lowest BCUT2D eigenvalue weighted by Crippen LogP contribution is -2.31. The van der Waals surface area contributed by atoms with Gasteiger partial charge in [0.2, 0.25) is 0 Å². The van der Waals surface area contributed by atoms with Crippen LogP contribution in [0.15, 0.2) is 47.8 Å². The van der Waals surface area contributed by atoms with Crippen LogP contribution in [-0.2, 0) is 11.3 Å². The molecule has 1 N–H and O–H groups in total. The molecular weight excluding hydrogens is 427 g/mol. The highest BCUT2D eigenvalue weighted by molar-refractivity contribution is 7.13. The van der Waals surface area contributed by atoms with E-state index in [4.69, 9.17) is 21.1 Å². The van der Waals surface area contributed by atoms with Crippen LogP contribution in [0.25, 0.3) is 10.6 Å². The van der Waals surface area contributed by atoms with E-state index in [0.29, 0.717) is 28.6 Å². The molecule has 0 unspecified atom stereocenters. The largest absolute Gasteiger partial charge is 0.489 e. The third-order valence-corrected chi connectivity index (χ3v) is 6.04. The van der Waals surface area contributed by atoms with Crippen LogP contribution in [0.1, 0.15) is 28.9 Å². The Morgan fingerprint density at radius 1 is 1.30 bits per heavy atom. The Balaban J connectivity index is 1.35. The molecule has 0 saturated carbocycles. The minimum Gasteiger partial charge on any atom is -0.489 e. The van der Waals surface area contributed by atoms with Gasteiger partial charge in [-0.3, -0.25) is 4.79 Å². The molecule has 4 rings (SSSR count). The number of hydrogen-bond donors (Lipinski definition) is 1. The second kappa shape index (κ2) is 9.55. The van der Waals surface area contributed by atoms with Gasteiger partial charge in [0.1, 0.15) is 28.9 Å². The summed E-state index contributed by atoms with van der Waals surface area (Å²) >= 11 is 7.42. The van der Waals surface area contributed by atoms with E-state index in [1.165, 1.54) is 17.4 Å². The van der Waals surface area contributed by atoms with Crippen molar-refractivity contribution < 1.29 is 18.7 Å².